The number of hydrogen-bond acceptors (Lipinski definition) is 2. The van der Waals surface area contributed by atoms with Crippen LogP contribution in [0.5, 0.6) is 0 Å². The molecule has 1 nitrogen and oxygen atoms in total. The van der Waals surface area contributed by atoms with Crippen molar-refractivity contribution in [3.8, 4) is 0 Å². The minimum Gasteiger partial charge on any atom is -0.306 e. The molecule has 4 heteroatoms. The molecule has 0 bridgehead atoms. The van der Waals surface area contributed by atoms with Crippen LogP contribution < -0.4 is 5.32 Å². The summed E-state index contributed by atoms with van der Waals surface area (Å²) in [4.78, 5) is 2.75. The molecule has 0 aliphatic carbocycles. The van der Waals surface area contributed by atoms with Gasteiger partial charge in [-0.15, -0.1) is 11.3 Å². The van der Waals surface area contributed by atoms with E-state index in [1.165, 1.54) is 20.9 Å². The van der Waals surface area contributed by atoms with Crippen LogP contribution >= 0.6 is 43.2 Å². The maximum atomic E-state index is 3.59. The highest BCUT2D eigenvalue weighted by atomic mass is 79.9. The van der Waals surface area contributed by atoms with Gasteiger partial charge in [0.25, 0.3) is 0 Å². The molecule has 0 saturated carbocycles. The highest BCUT2D eigenvalue weighted by Crippen LogP contribution is 2.33. The molecule has 1 aromatic carbocycles. The molecule has 0 aliphatic rings. The van der Waals surface area contributed by atoms with Crippen molar-refractivity contribution in [2.75, 3.05) is 6.54 Å². The summed E-state index contributed by atoms with van der Waals surface area (Å²) in [6.45, 7) is 7.46. The average Bonchev–Trinajstić information content (AvgIpc) is 2.64. The number of hydrogen-bond donors (Lipinski definition) is 1. The van der Waals surface area contributed by atoms with Crippen LogP contribution in [-0.2, 0) is 0 Å². The zero-order chi connectivity index (χ0) is 14.0. The Morgan fingerprint density at radius 1 is 1.11 bits per heavy atom. The number of rotatable bonds is 4. The molecule has 0 saturated heterocycles. The van der Waals surface area contributed by atoms with Crippen LogP contribution in [-0.4, -0.2) is 6.54 Å². The molecule has 0 fully saturated rings. The summed E-state index contributed by atoms with van der Waals surface area (Å²) in [7, 11) is 0. The fourth-order valence-electron chi connectivity index (χ4n) is 2.29. The van der Waals surface area contributed by atoms with Gasteiger partial charge in [0, 0.05) is 18.7 Å². The molecule has 1 heterocycles. The number of aryl methyl sites for hydroxylation is 2. The first-order valence-corrected chi connectivity index (χ1v) is 8.67. The van der Waals surface area contributed by atoms with Crippen molar-refractivity contribution < 1.29 is 0 Å². The molecule has 0 amide bonds. The van der Waals surface area contributed by atoms with Crippen molar-refractivity contribution in [3.63, 3.8) is 0 Å². The summed E-state index contributed by atoms with van der Waals surface area (Å²) in [5, 5.41) is 3.59. The van der Waals surface area contributed by atoms with Crippen LogP contribution in [0.1, 0.15) is 33.8 Å². The third-order valence-corrected chi connectivity index (χ3v) is 4.91. The summed E-state index contributed by atoms with van der Waals surface area (Å²) in [6, 6.07) is 8.99. The smallest absolute Gasteiger partial charge is 0.0588 e. The van der Waals surface area contributed by atoms with E-state index in [1.54, 1.807) is 0 Å². The summed E-state index contributed by atoms with van der Waals surface area (Å²) >= 11 is 9.01. The predicted octanol–water partition coefficient (Wildman–Crippen LogP) is 5.59. The van der Waals surface area contributed by atoms with Gasteiger partial charge in [0.05, 0.1) is 6.04 Å². The third-order valence-electron chi connectivity index (χ3n) is 3.02. The molecule has 0 aliphatic heterocycles. The zero-order valence-corrected chi connectivity index (χ0v) is 15.2. The van der Waals surface area contributed by atoms with Crippen molar-refractivity contribution in [1.29, 1.82) is 0 Å². The monoisotopic (exact) mass is 401 g/mol. The molecule has 0 radical (unpaired) electrons. The SMILES string of the molecule is CCNC(c1cc(Br)cc(Br)c1)c1cc(C)sc1C. The van der Waals surface area contributed by atoms with E-state index in [4.69, 9.17) is 0 Å². The molecule has 0 spiro atoms. The van der Waals surface area contributed by atoms with E-state index >= 15 is 0 Å². The van der Waals surface area contributed by atoms with Crippen molar-refractivity contribution in [1.82, 2.24) is 5.32 Å². The first-order chi connectivity index (χ1) is 9.01. The second kappa shape index (κ2) is 6.53. The number of thiophene rings is 1. The lowest BCUT2D eigenvalue weighted by atomic mass is 9.99. The Labute approximate surface area is 135 Å². The van der Waals surface area contributed by atoms with Crippen molar-refractivity contribution in [3.05, 3.63) is 54.1 Å². The van der Waals surface area contributed by atoms with Gasteiger partial charge in [0.15, 0.2) is 0 Å². The second-order valence-corrected chi connectivity index (χ2v) is 7.85. The molecule has 102 valence electrons. The van der Waals surface area contributed by atoms with Gasteiger partial charge in [-0.3, -0.25) is 0 Å². The van der Waals surface area contributed by atoms with Crippen molar-refractivity contribution in [2.45, 2.75) is 26.8 Å². The number of nitrogens with one attached hydrogen (secondary N) is 1. The fraction of sp³-hybridized carbons (Fsp3) is 0.333. The Balaban J connectivity index is 2.47. The molecule has 1 unspecified atom stereocenters. The van der Waals surface area contributed by atoms with Crippen molar-refractivity contribution >= 4 is 43.2 Å². The third kappa shape index (κ3) is 3.69. The highest BCUT2D eigenvalue weighted by molar-refractivity contribution is 9.11. The first kappa shape index (κ1) is 15.2. The Morgan fingerprint density at radius 3 is 2.21 bits per heavy atom. The van der Waals surface area contributed by atoms with Gasteiger partial charge < -0.3 is 5.32 Å². The van der Waals surface area contributed by atoms with Gasteiger partial charge in [-0.05, 0) is 55.8 Å². The fourth-order valence-corrected chi connectivity index (χ4v) is 4.58. The zero-order valence-electron chi connectivity index (χ0n) is 11.3. The lowest BCUT2D eigenvalue weighted by molar-refractivity contribution is 0.629. The molecular weight excluding hydrogens is 386 g/mol. The summed E-state index contributed by atoms with van der Waals surface area (Å²) in [5.74, 6) is 0. The summed E-state index contributed by atoms with van der Waals surface area (Å²) in [5.41, 5.74) is 2.67. The van der Waals surface area contributed by atoms with E-state index in [-0.39, 0.29) is 6.04 Å². The van der Waals surface area contributed by atoms with Gasteiger partial charge in [-0.1, -0.05) is 38.8 Å². The van der Waals surface area contributed by atoms with E-state index in [1.807, 2.05) is 11.3 Å². The van der Waals surface area contributed by atoms with E-state index in [2.05, 4.69) is 82.2 Å². The van der Waals surface area contributed by atoms with Crippen LogP contribution in [0.15, 0.2) is 33.2 Å². The van der Waals surface area contributed by atoms with E-state index < -0.39 is 0 Å². The van der Waals surface area contributed by atoms with Gasteiger partial charge in [0.1, 0.15) is 0 Å². The number of halogens is 2. The molecule has 1 atom stereocenters. The van der Waals surface area contributed by atoms with Crippen LogP contribution in [0.25, 0.3) is 0 Å². The molecular formula is C15H17Br2NS. The maximum absolute atomic E-state index is 3.59. The quantitative estimate of drug-likeness (QED) is 0.702. The van der Waals surface area contributed by atoms with Gasteiger partial charge in [0.2, 0.25) is 0 Å². The average molecular weight is 403 g/mol. The Morgan fingerprint density at radius 2 is 1.74 bits per heavy atom. The predicted molar refractivity (Wildman–Crippen MR) is 91.2 cm³/mol. The van der Waals surface area contributed by atoms with E-state index in [0.717, 1.165) is 15.5 Å². The van der Waals surface area contributed by atoms with Gasteiger partial charge in [-0.25, -0.2) is 0 Å². The molecule has 1 N–H and O–H groups in total. The Hall–Kier alpha value is -0.160. The van der Waals surface area contributed by atoms with Crippen LogP contribution in [0.2, 0.25) is 0 Å². The Bertz CT molecular complexity index is 557. The second-order valence-electron chi connectivity index (χ2n) is 4.56. The van der Waals surface area contributed by atoms with E-state index in [0.29, 0.717) is 0 Å². The Kier molecular flexibility index (Phi) is 5.23. The summed E-state index contributed by atoms with van der Waals surface area (Å²) < 4.78 is 2.20. The van der Waals surface area contributed by atoms with Crippen LogP contribution in [0.4, 0.5) is 0 Å². The molecule has 19 heavy (non-hydrogen) atoms. The van der Waals surface area contributed by atoms with Crippen LogP contribution in [0.3, 0.4) is 0 Å². The molecule has 2 aromatic rings. The highest BCUT2D eigenvalue weighted by Gasteiger charge is 2.17. The first-order valence-electron chi connectivity index (χ1n) is 6.27. The normalized spacial score (nSPS) is 12.7. The minimum atomic E-state index is 0.253. The van der Waals surface area contributed by atoms with Crippen molar-refractivity contribution in [2.24, 2.45) is 0 Å². The molecule has 2 rings (SSSR count). The lowest BCUT2D eigenvalue weighted by Gasteiger charge is -2.19. The largest absolute Gasteiger partial charge is 0.306 e. The van der Waals surface area contributed by atoms with Gasteiger partial charge >= 0.3 is 0 Å². The maximum Gasteiger partial charge on any atom is 0.0588 e. The molecule has 1 aromatic heterocycles. The lowest BCUT2D eigenvalue weighted by Crippen LogP contribution is -2.22. The number of benzene rings is 1. The minimum absolute atomic E-state index is 0.253. The van der Waals surface area contributed by atoms with E-state index in [9.17, 15) is 0 Å². The van der Waals surface area contributed by atoms with Crippen LogP contribution in [0, 0.1) is 13.8 Å². The summed E-state index contributed by atoms with van der Waals surface area (Å²) in [6.07, 6.45) is 0. The standard InChI is InChI=1S/C15H17Br2NS/c1-4-18-15(14-5-9(2)19-10(14)3)11-6-12(16)8-13(17)7-11/h5-8,15,18H,4H2,1-3H3. The van der Waals surface area contributed by atoms with Gasteiger partial charge in [-0.2, -0.15) is 0 Å². The topological polar surface area (TPSA) is 12.0 Å².